The Labute approximate surface area is 430 Å². The molecule has 0 amide bonds. The third-order valence-electron chi connectivity index (χ3n) is 10.7. The van der Waals surface area contributed by atoms with Gasteiger partial charge >= 0.3 is 11.9 Å². The molecule has 5 heteroatoms. The molecule has 0 bridgehead atoms. The number of allylic oxidation sites excluding steroid dienone is 28. The number of unbranched alkanes of at least 4 members (excludes halogenated alkanes) is 9. The molecule has 390 valence electrons. The van der Waals surface area contributed by atoms with Gasteiger partial charge in [-0.1, -0.05) is 223 Å². The zero-order valence-electron chi connectivity index (χ0n) is 44.7. The summed E-state index contributed by atoms with van der Waals surface area (Å²) in [6, 6.07) is 0. The minimum absolute atomic E-state index is 0.0158. The van der Waals surface area contributed by atoms with E-state index in [4.69, 9.17) is 14.2 Å². The molecule has 0 heterocycles. The molecule has 0 N–H and O–H groups in total. The van der Waals surface area contributed by atoms with E-state index in [1.54, 1.807) is 0 Å². The first-order valence-corrected chi connectivity index (χ1v) is 27.7. The highest BCUT2D eigenvalue weighted by Crippen LogP contribution is 2.12. The summed E-state index contributed by atoms with van der Waals surface area (Å²) in [6.07, 6.45) is 88.1. The monoisotopic (exact) mass is 961 g/mol. The van der Waals surface area contributed by atoms with Gasteiger partial charge in [-0.3, -0.25) is 9.59 Å². The number of carbonyl (C=O) groups excluding carboxylic acids is 2. The van der Waals surface area contributed by atoms with Crippen LogP contribution in [-0.2, 0) is 23.8 Å². The van der Waals surface area contributed by atoms with Gasteiger partial charge in [-0.2, -0.15) is 0 Å². The van der Waals surface area contributed by atoms with Crippen LogP contribution in [0.4, 0.5) is 0 Å². The number of hydrogen-bond donors (Lipinski definition) is 0. The average molecular weight is 962 g/mol. The predicted octanol–water partition coefficient (Wildman–Crippen LogP) is 19.2. The van der Waals surface area contributed by atoms with Crippen LogP contribution >= 0.6 is 0 Å². The second-order valence-corrected chi connectivity index (χ2v) is 17.3. The summed E-state index contributed by atoms with van der Waals surface area (Å²) in [4.78, 5) is 25.5. The topological polar surface area (TPSA) is 61.8 Å². The number of ether oxygens (including phenoxy) is 3. The fourth-order valence-electron chi connectivity index (χ4n) is 6.75. The maximum absolute atomic E-state index is 12.9. The van der Waals surface area contributed by atoms with Gasteiger partial charge < -0.3 is 14.2 Å². The van der Waals surface area contributed by atoms with Crippen LogP contribution in [0.5, 0.6) is 0 Å². The Hall–Kier alpha value is -4.74. The lowest BCUT2D eigenvalue weighted by atomic mass is 10.1. The summed E-state index contributed by atoms with van der Waals surface area (Å²) < 4.78 is 17.3. The molecule has 0 aliphatic heterocycles. The van der Waals surface area contributed by atoms with E-state index in [0.717, 1.165) is 135 Å². The van der Waals surface area contributed by atoms with Crippen LogP contribution < -0.4 is 0 Å². The van der Waals surface area contributed by atoms with E-state index < -0.39 is 6.10 Å². The Bertz CT molecular complexity index is 1600. The smallest absolute Gasteiger partial charge is 0.306 e. The van der Waals surface area contributed by atoms with E-state index in [2.05, 4.69) is 191 Å². The molecule has 0 aromatic heterocycles. The number of carbonyl (C=O) groups is 2. The Morgan fingerprint density at radius 1 is 0.314 bits per heavy atom. The molecule has 0 spiro atoms. The summed E-state index contributed by atoms with van der Waals surface area (Å²) in [6.45, 7) is 7.25. The van der Waals surface area contributed by atoms with Crippen molar-refractivity contribution in [3.8, 4) is 0 Å². The van der Waals surface area contributed by atoms with Gasteiger partial charge in [-0.15, -0.1) is 0 Å². The minimum Gasteiger partial charge on any atom is -0.462 e. The summed E-state index contributed by atoms with van der Waals surface area (Å²) in [5.41, 5.74) is 0. The fourth-order valence-corrected chi connectivity index (χ4v) is 6.75. The Balaban J connectivity index is 4.53. The highest BCUT2D eigenvalue weighted by atomic mass is 16.6. The van der Waals surface area contributed by atoms with Crippen molar-refractivity contribution in [2.24, 2.45) is 0 Å². The van der Waals surface area contributed by atoms with Crippen LogP contribution in [-0.4, -0.2) is 37.9 Å². The normalized spacial score (nSPS) is 13.6. The zero-order valence-corrected chi connectivity index (χ0v) is 44.7. The highest BCUT2D eigenvalue weighted by molar-refractivity contribution is 5.70. The van der Waals surface area contributed by atoms with Crippen LogP contribution in [0.25, 0.3) is 0 Å². The summed E-state index contributed by atoms with van der Waals surface area (Å²) in [7, 11) is 0. The van der Waals surface area contributed by atoms with Gasteiger partial charge in [0.25, 0.3) is 0 Å². The van der Waals surface area contributed by atoms with Crippen molar-refractivity contribution in [1.29, 1.82) is 0 Å². The summed E-state index contributed by atoms with van der Waals surface area (Å²) in [5.74, 6) is -0.523. The molecular formula is C65H100O5. The van der Waals surface area contributed by atoms with Crippen LogP contribution in [0.2, 0.25) is 0 Å². The predicted molar refractivity (Wildman–Crippen MR) is 306 cm³/mol. The zero-order chi connectivity index (χ0) is 50.6. The third-order valence-corrected chi connectivity index (χ3v) is 10.7. The van der Waals surface area contributed by atoms with Crippen LogP contribution in [0.15, 0.2) is 170 Å². The van der Waals surface area contributed by atoms with Gasteiger partial charge in [0.05, 0.1) is 6.61 Å². The first-order valence-electron chi connectivity index (χ1n) is 27.7. The Morgan fingerprint density at radius 3 is 1.00 bits per heavy atom. The Morgan fingerprint density at radius 2 is 0.614 bits per heavy atom. The van der Waals surface area contributed by atoms with Crippen LogP contribution in [0.1, 0.15) is 201 Å². The summed E-state index contributed by atoms with van der Waals surface area (Å²) in [5, 5.41) is 0. The molecule has 0 radical (unpaired) electrons. The standard InChI is InChI=1S/C65H100O5/c1-4-7-10-13-16-19-22-25-28-31-32-33-36-39-42-45-48-51-54-57-60-68-61-63(70-65(67)59-56-53-50-47-44-41-38-35-30-27-24-21-18-15-12-9-6-3)62-69-64(66)58-55-52-49-46-43-40-37-34-29-26-23-20-17-14-11-8-5-2/h7-12,16-21,25-30,32-33,37,39-40,42,46,48-49,51,63H,4-6,13-15,22-24,31,34-36,38,41,43-45,47,50,52-62H2,1-3H3/b10-7-,11-8-,12-9-,19-16-,20-17-,21-18-,28-25-,29-26-,30-27-,33-32-,40-37-,42-39-,49-46-,51-48-. The molecule has 70 heavy (non-hydrogen) atoms. The Kier molecular flexibility index (Phi) is 54.6. The molecule has 0 aliphatic rings. The number of rotatable bonds is 48. The van der Waals surface area contributed by atoms with Crippen molar-refractivity contribution in [2.75, 3.05) is 19.8 Å². The van der Waals surface area contributed by atoms with Gasteiger partial charge in [0, 0.05) is 19.4 Å². The maximum Gasteiger partial charge on any atom is 0.306 e. The average Bonchev–Trinajstić information content (AvgIpc) is 3.36. The van der Waals surface area contributed by atoms with Crippen molar-refractivity contribution < 1.29 is 23.8 Å². The van der Waals surface area contributed by atoms with E-state index in [0.29, 0.717) is 25.9 Å². The van der Waals surface area contributed by atoms with Crippen molar-refractivity contribution in [2.45, 2.75) is 207 Å². The fraction of sp³-hybridized carbons (Fsp3) is 0.538. The highest BCUT2D eigenvalue weighted by Gasteiger charge is 2.17. The molecule has 0 saturated carbocycles. The molecule has 0 aromatic carbocycles. The maximum atomic E-state index is 12.9. The first-order chi connectivity index (χ1) is 34.6. The number of hydrogen-bond acceptors (Lipinski definition) is 5. The minimum atomic E-state index is -0.610. The third kappa shape index (κ3) is 55.9. The van der Waals surface area contributed by atoms with E-state index >= 15 is 0 Å². The van der Waals surface area contributed by atoms with E-state index in [9.17, 15) is 9.59 Å². The second-order valence-electron chi connectivity index (χ2n) is 17.3. The SMILES string of the molecule is CC/C=C\C/C=C\C/C=C\C/C=C\C/C=C\C/C=C\CCCOCC(COC(=O)CCC/C=C\C/C=C\C/C=C\C/C=C\C/C=C\CC)OC(=O)CCCCCCCCC/C=C\C/C=C\C/C=C\CC. The van der Waals surface area contributed by atoms with Crippen LogP contribution in [0, 0.1) is 0 Å². The molecular weight excluding hydrogens is 861 g/mol. The van der Waals surface area contributed by atoms with E-state index in [1.165, 1.54) is 25.7 Å². The number of esters is 2. The molecule has 0 fully saturated rings. The first kappa shape index (κ1) is 65.3. The van der Waals surface area contributed by atoms with Crippen molar-refractivity contribution in [3.63, 3.8) is 0 Å². The second kappa shape index (κ2) is 58.6. The lowest BCUT2D eigenvalue weighted by Crippen LogP contribution is -2.30. The summed E-state index contributed by atoms with van der Waals surface area (Å²) >= 11 is 0. The van der Waals surface area contributed by atoms with Crippen molar-refractivity contribution >= 4 is 11.9 Å². The van der Waals surface area contributed by atoms with Crippen LogP contribution in [0.3, 0.4) is 0 Å². The largest absolute Gasteiger partial charge is 0.462 e. The molecule has 0 aromatic rings. The molecule has 1 atom stereocenters. The lowest BCUT2D eigenvalue weighted by molar-refractivity contribution is -0.162. The van der Waals surface area contributed by atoms with Crippen molar-refractivity contribution in [1.82, 2.24) is 0 Å². The van der Waals surface area contributed by atoms with Gasteiger partial charge in [-0.05, 0) is 135 Å². The quantitative estimate of drug-likeness (QED) is 0.0345. The molecule has 0 rings (SSSR count). The van der Waals surface area contributed by atoms with Gasteiger partial charge in [-0.25, -0.2) is 0 Å². The van der Waals surface area contributed by atoms with Gasteiger partial charge in [0.2, 0.25) is 0 Å². The van der Waals surface area contributed by atoms with E-state index in [1.807, 2.05) is 0 Å². The van der Waals surface area contributed by atoms with E-state index in [-0.39, 0.29) is 25.2 Å². The molecule has 5 nitrogen and oxygen atoms in total. The van der Waals surface area contributed by atoms with Crippen molar-refractivity contribution in [3.05, 3.63) is 170 Å². The molecule has 0 saturated heterocycles. The molecule has 1 unspecified atom stereocenters. The molecule has 0 aliphatic carbocycles. The lowest BCUT2D eigenvalue weighted by Gasteiger charge is -2.18. The van der Waals surface area contributed by atoms with Gasteiger partial charge in [0.15, 0.2) is 6.10 Å². The van der Waals surface area contributed by atoms with Gasteiger partial charge in [0.1, 0.15) is 6.61 Å².